The fourth-order valence-electron chi connectivity index (χ4n) is 4.74. The third-order valence-corrected chi connectivity index (χ3v) is 6.95. The summed E-state index contributed by atoms with van der Waals surface area (Å²) in [4.78, 5) is 65.6. The van der Waals surface area contributed by atoms with E-state index in [0.717, 1.165) is 22.9 Å². The topological polar surface area (TPSA) is 216 Å². The normalized spacial score (nSPS) is 17.1. The van der Waals surface area contributed by atoms with Gasteiger partial charge in [-0.1, -0.05) is 18.2 Å². The van der Waals surface area contributed by atoms with Crippen molar-refractivity contribution in [2.75, 3.05) is 13.1 Å². The van der Waals surface area contributed by atoms with Crippen molar-refractivity contribution in [2.45, 2.75) is 75.5 Å². The van der Waals surface area contributed by atoms with Gasteiger partial charge in [0.05, 0.1) is 6.04 Å². The number of benzene rings is 1. The molecule has 0 spiro atoms. The molecular weight excluding hydrogens is 520 g/mol. The molecule has 13 heteroatoms. The molecule has 1 aromatic carbocycles. The molecule has 1 saturated heterocycles. The van der Waals surface area contributed by atoms with Gasteiger partial charge in [-0.15, -0.1) is 0 Å². The average Bonchev–Trinajstić information content (AvgIpc) is 3.60. The molecule has 3 amide bonds. The number of nitrogens with one attached hydrogen (secondary N) is 5. The van der Waals surface area contributed by atoms with Crippen molar-refractivity contribution in [3.05, 3.63) is 36.0 Å². The minimum absolute atomic E-state index is 0.110. The second-order valence-electron chi connectivity index (χ2n) is 9.95. The first-order chi connectivity index (χ1) is 19.2. The molecule has 4 atom stereocenters. The van der Waals surface area contributed by atoms with Crippen LogP contribution in [0, 0.1) is 0 Å². The number of aromatic nitrogens is 1. The van der Waals surface area contributed by atoms with Crippen LogP contribution in [0.25, 0.3) is 10.9 Å². The molecule has 40 heavy (non-hydrogen) atoms. The number of carboxylic acids is 2. The van der Waals surface area contributed by atoms with Crippen molar-refractivity contribution < 1.29 is 34.2 Å². The molecule has 0 saturated carbocycles. The summed E-state index contributed by atoms with van der Waals surface area (Å²) in [6, 6.07) is 3.42. The van der Waals surface area contributed by atoms with Crippen LogP contribution < -0.4 is 27.0 Å². The Morgan fingerprint density at radius 1 is 0.950 bits per heavy atom. The summed E-state index contributed by atoms with van der Waals surface area (Å²) in [5.41, 5.74) is 7.10. The Morgan fingerprint density at radius 3 is 2.35 bits per heavy atom. The number of para-hydroxylation sites is 1. The van der Waals surface area contributed by atoms with Crippen LogP contribution in [0.1, 0.15) is 50.5 Å². The Labute approximate surface area is 231 Å². The lowest BCUT2D eigenvalue weighted by Crippen LogP contribution is -2.57. The second kappa shape index (κ2) is 15.0. The molecule has 2 heterocycles. The van der Waals surface area contributed by atoms with Gasteiger partial charge in [0.15, 0.2) is 0 Å². The highest BCUT2D eigenvalue weighted by molar-refractivity contribution is 5.95. The molecule has 218 valence electrons. The maximum absolute atomic E-state index is 13.5. The predicted molar refractivity (Wildman–Crippen MR) is 146 cm³/mol. The minimum atomic E-state index is -1.33. The third-order valence-electron chi connectivity index (χ3n) is 6.95. The number of amides is 3. The quantitative estimate of drug-likeness (QED) is 0.130. The maximum Gasteiger partial charge on any atom is 0.326 e. The van der Waals surface area contributed by atoms with Gasteiger partial charge in [0.1, 0.15) is 18.1 Å². The van der Waals surface area contributed by atoms with Crippen LogP contribution in [0.2, 0.25) is 0 Å². The zero-order chi connectivity index (χ0) is 29.1. The smallest absolute Gasteiger partial charge is 0.326 e. The van der Waals surface area contributed by atoms with E-state index in [2.05, 4.69) is 26.3 Å². The van der Waals surface area contributed by atoms with Crippen LogP contribution in [-0.2, 0) is 30.4 Å². The van der Waals surface area contributed by atoms with E-state index in [0.29, 0.717) is 32.4 Å². The molecule has 13 nitrogen and oxygen atoms in total. The van der Waals surface area contributed by atoms with Crippen LogP contribution in [0.4, 0.5) is 0 Å². The molecule has 0 aliphatic carbocycles. The number of hydrogen-bond donors (Lipinski definition) is 8. The number of aliphatic carboxylic acids is 2. The van der Waals surface area contributed by atoms with Gasteiger partial charge in [-0.2, -0.15) is 0 Å². The first kappa shape index (κ1) is 30.6. The van der Waals surface area contributed by atoms with E-state index in [9.17, 15) is 34.2 Å². The standard InChI is InChI=1S/C27H38N6O7/c28-12-4-3-8-21(27(39)40)32-25(37)20(10-11-23(34)35)31-26(38)22(33-24(36)19-9-5-13-29-19)14-16-15-30-18-7-2-1-6-17(16)18/h1-2,6-7,15,19-22,29-30H,3-5,8-14,28H2,(H,31,38)(H,32,37)(H,33,36)(H,34,35)(H,39,40). The Kier molecular flexibility index (Phi) is 11.5. The van der Waals surface area contributed by atoms with E-state index >= 15 is 0 Å². The molecule has 1 aliphatic rings. The van der Waals surface area contributed by atoms with Gasteiger partial charge in [0.25, 0.3) is 0 Å². The summed E-state index contributed by atoms with van der Waals surface area (Å²) in [6.07, 6.45) is 3.77. The molecular formula is C27H38N6O7. The Bertz CT molecular complexity index is 1190. The number of unbranched alkanes of at least 4 members (excludes halogenated alkanes) is 1. The molecule has 1 aromatic heterocycles. The van der Waals surface area contributed by atoms with Crippen LogP contribution in [0.15, 0.2) is 30.5 Å². The Hall–Kier alpha value is -3.97. The highest BCUT2D eigenvalue weighted by Gasteiger charge is 2.32. The van der Waals surface area contributed by atoms with E-state index in [4.69, 9.17) is 5.73 Å². The lowest BCUT2D eigenvalue weighted by molar-refractivity contribution is -0.143. The van der Waals surface area contributed by atoms with Gasteiger partial charge in [-0.3, -0.25) is 19.2 Å². The number of carbonyl (C=O) groups is 5. The van der Waals surface area contributed by atoms with Crippen LogP contribution in [-0.4, -0.2) is 82.1 Å². The molecule has 2 aromatic rings. The number of carbonyl (C=O) groups excluding carboxylic acids is 3. The van der Waals surface area contributed by atoms with Crippen molar-refractivity contribution in [1.82, 2.24) is 26.3 Å². The minimum Gasteiger partial charge on any atom is -0.481 e. The summed E-state index contributed by atoms with van der Waals surface area (Å²) in [7, 11) is 0. The zero-order valence-electron chi connectivity index (χ0n) is 22.3. The largest absolute Gasteiger partial charge is 0.481 e. The molecule has 1 fully saturated rings. The predicted octanol–water partition coefficient (Wildman–Crippen LogP) is -0.00480. The number of aromatic amines is 1. The first-order valence-electron chi connectivity index (χ1n) is 13.5. The highest BCUT2D eigenvalue weighted by Crippen LogP contribution is 2.19. The van der Waals surface area contributed by atoms with Gasteiger partial charge in [0, 0.05) is 29.9 Å². The van der Waals surface area contributed by atoms with Gasteiger partial charge >= 0.3 is 11.9 Å². The molecule has 1 aliphatic heterocycles. The Balaban J connectivity index is 1.79. The third kappa shape index (κ3) is 8.78. The van der Waals surface area contributed by atoms with Gasteiger partial charge in [-0.05, 0) is 63.2 Å². The van der Waals surface area contributed by atoms with Gasteiger partial charge in [-0.25, -0.2) is 4.79 Å². The zero-order valence-corrected chi connectivity index (χ0v) is 22.3. The molecule has 4 unspecified atom stereocenters. The van der Waals surface area contributed by atoms with Gasteiger partial charge < -0.3 is 42.2 Å². The van der Waals surface area contributed by atoms with E-state index in [1.165, 1.54) is 0 Å². The summed E-state index contributed by atoms with van der Waals surface area (Å²) < 4.78 is 0. The van der Waals surface area contributed by atoms with Gasteiger partial charge in [0.2, 0.25) is 17.7 Å². The summed E-state index contributed by atoms with van der Waals surface area (Å²) >= 11 is 0. The maximum atomic E-state index is 13.5. The van der Waals surface area contributed by atoms with Crippen molar-refractivity contribution >= 4 is 40.6 Å². The van der Waals surface area contributed by atoms with Crippen LogP contribution >= 0.6 is 0 Å². The van der Waals surface area contributed by atoms with Crippen molar-refractivity contribution in [3.8, 4) is 0 Å². The van der Waals surface area contributed by atoms with E-state index in [1.54, 1.807) is 6.20 Å². The van der Waals surface area contributed by atoms with Crippen molar-refractivity contribution in [3.63, 3.8) is 0 Å². The Morgan fingerprint density at radius 2 is 1.68 bits per heavy atom. The van der Waals surface area contributed by atoms with E-state index in [1.807, 2.05) is 24.3 Å². The summed E-state index contributed by atoms with van der Waals surface area (Å²) in [5.74, 6) is -4.28. The summed E-state index contributed by atoms with van der Waals surface area (Å²) in [6.45, 7) is 1.06. The first-order valence-corrected chi connectivity index (χ1v) is 13.5. The number of hydrogen-bond acceptors (Lipinski definition) is 7. The molecule has 0 bridgehead atoms. The fourth-order valence-corrected chi connectivity index (χ4v) is 4.74. The van der Waals surface area contributed by atoms with Crippen molar-refractivity contribution in [1.29, 1.82) is 0 Å². The van der Waals surface area contributed by atoms with Crippen LogP contribution in [0.3, 0.4) is 0 Å². The number of carboxylic acid groups (broad SMARTS) is 2. The molecule has 0 radical (unpaired) electrons. The van der Waals surface area contributed by atoms with Crippen molar-refractivity contribution in [2.24, 2.45) is 5.73 Å². The second-order valence-corrected chi connectivity index (χ2v) is 9.95. The SMILES string of the molecule is NCCCCC(NC(=O)C(CCC(=O)O)NC(=O)C(Cc1c[nH]c2ccccc12)NC(=O)C1CCCN1)C(=O)O. The highest BCUT2D eigenvalue weighted by atomic mass is 16.4. The number of nitrogens with two attached hydrogens (primary N) is 1. The number of fused-ring (bicyclic) bond motifs is 1. The number of rotatable bonds is 16. The van der Waals surface area contributed by atoms with E-state index in [-0.39, 0.29) is 25.2 Å². The van der Waals surface area contributed by atoms with E-state index < -0.39 is 54.3 Å². The monoisotopic (exact) mass is 558 g/mol. The van der Waals surface area contributed by atoms with Crippen LogP contribution in [0.5, 0.6) is 0 Å². The summed E-state index contributed by atoms with van der Waals surface area (Å²) in [5, 5.41) is 30.5. The number of H-pyrrole nitrogens is 1. The molecule has 3 rings (SSSR count). The lowest BCUT2D eigenvalue weighted by Gasteiger charge is -2.25. The average molecular weight is 559 g/mol. The fraction of sp³-hybridized carbons (Fsp3) is 0.519. The lowest BCUT2D eigenvalue weighted by atomic mass is 10.0. The molecule has 9 N–H and O–H groups in total.